The Balaban J connectivity index is 2.18. The van der Waals surface area contributed by atoms with Crippen molar-refractivity contribution >= 4 is 0 Å². The first-order chi connectivity index (χ1) is 11.3. The Hall–Kier alpha value is -1.96. The highest BCUT2D eigenvalue weighted by atomic mass is 16.5. The monoisotopic (exact) mass is 312 g/mol. The van der Waals surface area contributed by atoms with E-state index in [9.17, 15) is 0 Å². The lowest BCUT2D eigenvalue weighted by Crippen LogP contribution is -2.02. The zero-order valence-corrected chi connectivity index (χ0v) is 14.5. The van der Waals surface area contributed by atoms with E-state index in [1.807, 2.05) is 0 Å². The summed E-state index contributed by atoms with van der Waals surface area (Å²) < 4.78 is 10.6. The molecule has 0 saturated carbocycles. The maximum absolute atomic E-state index is 5.28. The first-order valence-electron chi connectivity index (χ1n) is 8.56. The Bertz CT molecular complexity index is 510. The van der Waals surface area contributed by atoms with Crippen LogP contribution in [0.2, 0.25) is 0 Å². The van der Waals surface area contributed by atoms with Crippen LogP contribution in [0.1, 0.15) is 56.1 Å². The van der Waals surface area contributed by atoms with Gasteiger partial charge in [0.2, 0.25) is 0 Å². The van der Waals surface area contributed by atoms with Gasteiger partial charge in [-0.05, 0) is 41.8 Å². The minimum atomic E-state index is 0.434. The van der Waals surface area contributed by atoms with Gasteiger partial charge in [0.25, 0.3) is 0 Å². The molecule has 0 amide bonds. The molecule has 0 radical (unpaired) electrons. The number of ether oxygens (including phenoxy) is 2. The van der Waals surface area contributed by atoms with E-state index in [0.717, 1.165) is 11.5 Å². The van der Waals surface area contributed by atoms with Gasteiger partial charge in [-0.2, -0.15) is 0 Å². The highest BCUT2D eigenvalue weighted by Crippen LogP contribution is 2.32. The van der Waals surface area contributed by atoms with Crippen molar-refractivity contribution in [2.75, 3.05) is 14.2 Å². The van der Waals surface area contributed by atoms with Crippen molar-refractivity contribution in [3.63, 3.8) is 0 Å². The molecule has 0 saturated heterocycles. The molecule has 2 aromatic rings. The molecule has 0 aliphatic heterocycles. The van der Waals surface area contributed by atoms with Crippen molar-refractivity contribution in [2.45, 2.75) is 44.9 Å². The zero-order chi connectivity index (χ0) is 16.5. The number of hydrogen-bond donors (Lipinski definition) is 0. The predicted molar refractivity (Wildman–Crippen MR) is 96.6 cm³/mol. The number of unbranched alkanes of at least 4 members (excludes halogenated alkanes) is 3. The summed E-state index contributed by atoms with van der Waals surface area (Å²) in [6.45, 7) is 2.25. The fourth-order valence-electron chi connectivity index (χ4n) is 2.97. The van der Waals surface area contributed by atoms with Crippen LogP contribution in [0.15, 0.2) is 48.5 Å². The van der Waals surface area contributed by atoms with Crippen molar-refractivity contribution in [3.05, 3.63) is 59.7 Å². The average molecular weight is 312 g/mol. The van der Waals surface area contributed by atoms with Crippen LogP contribution in [0.5, 0.6) is 11.5 Å². The van der Waals surface area contributed by atoms with Crippen molar-refractivity contribution in [1.82, 2.24) is 0 Å². The van der Waals surface area contributed by atoms with E-state index < -0.39 is 0 Å². The molecule has 2 rings (SSSR count). The molecule has 0 heterocycles. The second kappa shape index (κ2) is 9.24. The minimum absolute atomic E-state index is 0.434. The first kappa shape index (κ1) is 17.4. The minimum Gasteiger partial charge on any atom is -0.497 e. The standard InChI is InChI=1S/C21H28O2/c1-4-5-6-7-8-21(17-9-13-19(22-2)14-10-17)18-11-15-20(23-3)16-12-18/h9-16,21H,4-8H2,1-3H3. The number of hydrogen-bond acceptors (Lipinski definition) is 2. The molecular formula is C21H28O2. The van der Waals surface area contributed by atoms with Gasteiger partial charge in [-0.1, -0.05) is 56.9 Å². The van der Waals surface area contributed by atoms with E-state index in [2.05, 4.69) is 55.5 Å². The smallest absolute Gasteiger partial charge is 0.118 e. The quantitative estimate of drug-likeness (QED) is 0.544. The summed E-state index contributed by atoms with van der Waals surface area (Å²) in [7, 11) is 3.42. The van der Waals surface area contributed by atoms with E-state index in [0.29, 0.717) is 5.92 Å². The molecule has 0 aliphatic carbocycles. The van der Waals surface area contributed by atoms with Crippen LogP contribution in [0.25, 0.3) is 0 Å². The van der Waals surface area contributed by atoms with Gasteiger partial charge in [0.1, 0.15) is 11.5 Å². The second-order valence-corrected chi connectivity index (χ2v) is 5.95. The van der Waals surface area contributed by atoms with E-state index >= 15 is 0 Å². The molecule has 0 aliphatic rings. The number of rotatable bonds is 9. The third-order valence-electron chi connectivity index (χ3n) is 4.38. The number of methoxy groups -OCH3 is 2. The molecule has 2 aromatic carbocycles. The second-order valence-electron chi connectivity index (χ2n) is 5.95. The largest absolute Gasteiger partial charge is 0.497 e. The van der Waals surface area contributed by atoms with Gasteiger partial charge in [0.15, 0.2) is 0 Å². The van der Waals surface area contributed by atoms with E-state index in [4.69, 9.17) is 9.47 Å². The van der Waals surface area contributed by atoms with Gasteiger partial charge in [-0.15, -0.1) is 0 Å². The molecule has 23 heavy (non-hydrogen) atoms. The number of benzene rings is 2. The van der Waals surface area contributed by atoms with Gasteiger partial charge in [-0.3, -0.25) is 0 Å². The van der Waals surface area contributed by atoms with Crippen LogP contribution >= 0.6 is 0 Å². The molecular weight excluding hydrogens is 284 g/mol. The van der Waals surface area contributed by atoms with Crippen LogP contribution in [-0.2, 0) is 0 Å². The summed E-state index contributed by atoms with van der Waals surface area (Å²) in [6.07, 6.45) is 6.34. The van der Waals surface area contributed by atoms with Crippen LogP contribution in [0, 0.1) is 0 Å². The SMILES string of the molecule is CCCCCCC(c1ccc(OC)cc1)c1ccc(OC)cc1. The van der Waals surface area contributed by atoms with Gasteiger partial charge in [0.05, 0.1) is 14.2 Å². The lowest BCUT2D eigenvalue weighted by atomic mass is 9.86. The highest BCUT2D eigenvalue weighted by Gasteiger charge is 2.14. The van der Waals surface area contributed by atoms with Gasteiger partial charge in [-0.25, -0.2) is 0 Å². The normalized spacial score (nSPS) is 10.8. The summed E-state index contributed by atoms with van der Waals surface area (Å²) >= 11 is 0. The van der Waals surface area contributed by atoms with Crippen LogP contribution in [0.3, 0.4) is 0 Å². The van der Waals surface area contributed by atoms with Gasteiger partial charge >= 0.3 is 0 Å². The lowest BCUT2D eigenvalue weighted by Gasteiger charge is -2.19. The summed E-state index contributed by atoms with van der Waals surface area (Å²) in [5, 5.41) is 0. The molecule has 0 spiro atoms. The van der Waals surface area contributed by atoms with E-state index in [1.54, 1.807) is 14.2 Å². The molecule has 0 aromatic heterocycles. The maximum atomic E-state index is 5.28. The van der Waals surface area contributed by atoms with Gasteiger partial charge in [0, 0.05) is 5.92 Å². The molecule has 0 bridgehead atoms. The van der Waals surface area contributed by atoms with Gasteiger partial charge < -0.3 is 9.47 Å². The Morgan fingerprint density at radius 1 is 0.696 bits per heavy atom. The summed E-state index contributed by atoms with van der Waals surface area (Å²) in [4.78, 5) is 0. The van der Waals surface area contributed by atoms with Crippen molar-refractivity contribution in [3.8, 4) is 11.5 Å². The predicted octanol–water partition coefficient (Wildman–Crippen LogP) is 5.81. The molecule has 2 nitrogen and oxygen atoms in total. The third kappa shape index (κ3) is 5.02. The average Bonchev–Trinajstić information content (AvgIpc) is 2.62. The summed E-state index contributed by atoms with van der Waals surface area (Å²) in [5.41, 5.74) is 2.71. The summed E-state index contributed by atoms with van der Waals surface area (Å²) in [6, 6.07) is 17.0. The van der Waals surface area contributed by atoms with Crippen molar-refractivity contribution in [2.24, 2.45) is 0 Å². The lowest BCUT2D eigenvalue weighted by molar-refractivity contribution is 0.414. The third-order valence-corrected chi connectivity index (χ3v) is 4.38. The van der Waals surface area contributed by atoms with Crippen LogP contribution in [-0.4, -0.2) is 14.2 Å². The Kier molecular flexibility index (Phi) is 6.99. The topological polar surface area (TPSA) is 18.5 Å². The molecule has 0 unspecified atom stereocenters. The molecule has 0 atom stereocenters. The fraction of sp³-hybridized carbons (Fsp3) is 0.429. The first-order valence-corrected chi connectivity index (χ1v) is 8.56. The maximum Gasteiger partial charge on any atom is 0.118 e. The van der Waals surface area contributed by atoms with E-state index in [-0.39, 0.29) is 0 Å². The van der Waals surface area contributed by atoms with E-state index in [1.165, 1.54) is 43.2 Å². The zero-order valence-electron chi connectivity index (χ0n) is 14.5. The van der Waals surface area contributed by atoms with Crippen molar-refractivity contribution < 1.29 is 9.47 Å². The Labute approximate surface area is 140 Å². The van der Waals surface area contributed by atoms with Crippen molar-refractivity contribution in [1.29, 1.82) is 0 Å². The Morgan fingerprint density at radius 3 is 1.57 bits per heavy atom. The fourth-order valence-corrected chi connectivity index (χ4v) is 2.97. The Morgan fingerprint density at radius 2 is 1.17 bits per heavy atom. The molecule has 0 fully saturated rings. The van der Waals surface area contributed by atoms with Crippen LogP contribution in [0.4, 0.5) is 0 Å². The molecule has 2 heteroatoms. The molecule has 124 valence electrons. The summed E-state index contributed by atoms with van der Waals surface area (Å²) in [5.74, 6) is 2.25. The molecule has 0 N–H and O–H groups in total. The van der Waals surface area contributed by atoms with Crippen LogP contribution < -0.4 is 9.47 Å². The highest BCUT2D eigenvalue weighted by molar-refractivity contribution is 5.38.